The maximum absolute atomic E-state index is 6.24. The average molecular weight is 244 g/mol. The molecule has 2 aromatic rings. The molecule has 0 bridgehead atoms. The van der Waals surface area contributed by atoms with E-state index in [0.717, 1.165) is 30.8 Å². The molecule has 1 atom stereocenters. The van der Waals surface area contributed by atoms with Gasteiger partial charge in [-0.15, -0.1) is 0 Å². The van der Waals surface area contributed by atoms with E-state index < -0.39 is 0 Å². The summed E-state index contributed by atoms with van der Waals surface area (Å²) in [6.07, 6.45) is 8.31. The van der Waals surface area contributed by atoms with Gasteiger partial charge in [0.25, 0.3) is 0 Å². The van der Waals surface area contributed by atoms with Crippen molar-refractivity contribution in [3.63, 3.8) is 0 Å². The van der Waals surface area contributed by atoms with Gasteiger partial charge in [0.1, 0.15) is 5.82 Å². The number of hydrogen-bond donors (Lipinski definition) is 1. The Labute approximate surface area is 108 Å². The van der Waals surface area contributed by atoms with Crippen molar-refractivity contribution in [1.82, 2.24) is 14.5 Å². The normalized spacial score (nSPS) is 12.6. The predicted octanol–water partition coefficient (Wildman–Crippen LogP) is 2.01. The van der Waals surface area contributed by atoms with E-state index in [1.165, 1.54) is 5.56 Å². The van der Waals surface area contributed by atoms with E-state index in [1.807, 2.05) is 36.3 Å². The highest BCUT2D eigenvalue weighted by Crippen LogP contribution is 2.18. The third-order valence-corrected chi connectivity index (χ3v) is 3.26. The maximum Gasteiger partial charge on any atom is 0.108 e. The Hall–Kier alpha value is -1.68. The number of rotatable bonds is 5. The van der Waals surface area contributed by atoms with E-state index in [4.69, 9.17) is 5.73 Å². The maximum atomic E-state index is 6.24. The van der Waals surface area contributed by atoms with Crippen LogP contribution in [-0.4, -0.2) is 14.5 Å². The standard InChI is InChI=1S/C14H20N4/c1-3-11-5-4-8-17-14(11)12(15)6-7-13-16-9-10-18(13)2/h4-5,8-10,12H,3,6-7,15H2,1-2H3. The van der Waals surface area contributed by atoms with Gasteiger partial charge in [0, 0.05) is 38.1 Å². The minimum absolute atomic E-state index is 0.0159. The summed E-state index contributed by atoms with van der Waals surface area (Å²) in [5, 5.41) is 0. The Morgan fingerprint density at radius 1 is 1.33 bits per heavy atom. The van der Waals surface area contributed by atoms with Crippen molar-refractivity contribution in [3.8, 4) is 0 Å². The summed E-state index contributed by atoms with van der Waals surface area (Å²) in [4.78, 5) is 8.73. The third kappa shape index (κ3) is 2.76. The fourth-order valence-electron chi connectivity index (χ4n) is 2.14. The summed E-state index contributed by atoms with van der Waals surface area (Å²) >= 11 is 0. The second-order valence-corrected chi connectivity index (χ2v) is 4.50. The lowest BCUT2D eigenvalue weighted by Gasteiger charge is -2.14. The summed E-state index contributed by atoms with van der Waals surface area (Å²) in [5.41, 5.74) is 8.50. The van der Waals surface area contributed by atoms with Crippen molar-refractivity contribution in [2.45, 2.75) is 32.2 Å². The number of aryl methyl sites for hydroxylation is 3. The molecular formula is C14H20N4. The van der Waals surface area contributed by atoms with Crippen LogP contribution in [0.1, 0.15) is 36.5 Å². The van der Waals surface area contributed by atoms with Crippen LogP contribution < -0.4 is 5.73 Å². The Balaban J connectivity index is 2.03. The molecule has 0 aromatic carbocycles. The molecule has 0 aliphatic heterocycles. The third-order valence-electron chi connectivity index (χ3n) is 3.26. The van der Waals surface area contributed by atoms with Gasteiger partial charge in [0.2, 0.25) is 0 Å². The zero-order chi connectivity index (χ0) is 13.0. The highest BCUT2D eigenvalue weighted by Gasteiger charge is 2.12. The lowest BCUT2D eigenvalue weighted by Crippen LogP contribution is -2.16. The monoisotopic (exact) mass is 244 g/mol. The summed E-state index contributed by atoms with van der Waals surface area (Å²) in [7, 11) is 2.01. The molecule has 0 spiro atoms. The molecule has 18 heavy (non-hydrogen) atoms. The van der Waals surface area contributed by atoms with Crippen molar-refractivity contribution in [2.24, 2.45) is 12.8 Å². The lowest BCUT2D eigenvalue weighted by atomic mass is 10.0. The zero-order valence-electron chi connectivity index (χ0n) is 11.0. The number of nitrogens with zero attached hydrogens (tertiary/aromatic N) is 3. The molecule has 4 heteroatoms. The fourth-order valence-corrected chi connectivity index (χ4v) is 2.14. The minimum Gasteiger partial charge on any atom is -0.338 e. The van der Waals surface area contributed by atoms with Gasteiger partial charge in [-0.25, -0.2) is 4.98 Å². The molecule has 0 radical (unpaired) electrons. The Morgan fingerprint density at radius 3 is 2.83 bits per heavy atom. The first kappa shape index (κ1) is 12.8. The highest BCUT2D eigenvalue weighted by atomic mass is 15.0. The van der Waals surface area contributed by atoms with Crippen LogP contribution in [0, 0.1) is 0 Å². The van der Waals surface area contributed by atoms with Crippen molar-refractivity contribution in [1.29, 1.82) is 0 Å². The number of pyridine rings is 1. The van der Waals surface area contributed by atoms with Crippen LogP contribution in [0.15, 0.2) is 30.7 Å². The molecule has 4 nitrogen and oxygen atoms in total. The van der Waals surface area contributed by atoms with E-state index >= 15 is 0 Å². The van der Waals surface area contributed by atoms with Crippen LogP contribution in [-0.2, 0) is 19.9 Å². The topological polar surface area (TPSA) is 56.7 Å². The first-order valence-electron chi connectivity index (χ1n) is 6.38. The number of nitrogens with two attached hydrogens (primary N) is 1. The van der Waals surface area contributed by atoms with Gasteiger partial charge in [-0.2, -0.15) is 0 Å². The number of aromatic nitrogens is 3. The second-order valence-electron chi connectivity index (χ2n) is 4.50. The van der Waals surface area contributed by atoms with Crippen LogP contribution in [0.3, 0.4) is 0 Å². The molecule has 0 saturated heterocycles. The van der Waals surface area contributed by atoms with E-state index in [-0.39, 0.29) is 6.04 Å². The molecule has 0 aliphatic rings. The summed E-state index contributed by atoms with van der Waals surface area (Å²) in [6, 6.07) is 4.05. The quantitative estimate of drug-likeness (QED) is 0.875. The summed E-state index contributed by atoms with van der Waals surface area (Å²) in [6.45, 7) is 2.13. The first-order chi connectivity index (χ1) is 8.72. The van der Waals surface area contributed by atoms with Gasteiger partial charge in [-0.1, -0.05) is 13.0 Å². The highest BCUT2D eigenvalue weighted by molar-refractivity contribution is 5.22. The number of imidazole rings is 1. The van der Waals surface area contributed by atoms with E-state index in [2.05, 4.69) is 23.0 Å². The van der Waals surface area contributed by atoms with Crippen LogP contribution in [0.4, 0.5) is 0 Å². The molecule has 1 unspecified atom stereocenters. The molecule has 2 N–H and O–H groups in total. The van der Waals surface area contributed by atoms with Gasteiger partial charge in [0.15, 0.2) is 0 Å². The SMILES string of the molecule is CCc1cccnc1C(N)CCc1nccn1C. The van der Waals surface area contributed by atoms with Crippen molar-refractivity contribution >= 4 is 0 Å². The van der Waals surface area contributed by atoms with Crippen LogP contribution in [0.5, 0.6) is 0 Å². The Morgan fingerprint density at radius 2 is 2.17 bits per heavy atom. The molecular weight excluding hydrogens is 224 g/mol. The van der Waals surface area contributed by atoms with E-state index in [0.29, 0.717) is 0 Å². The van der Waals surface area contributed by atoms with Crippen molar-refractivity contribution in [2.75, 3.05) is 0 Å². The largest absolute Gasteiger partial charge is 0.338 e. The molecule has 2 aromatic heterocycles. The van der Waals surface area contributed by atoms with Gasteiger partial charge in [0.05, 0.1) is 5.69 Å². The molecule has 0 fully saturated rings. The Bertz CT molecular complexity index is 504. The van der Waals surface area contributed by atoms with Crippen LogP contribution in [0.2, 0.25) is 0 Å². The molecule has 2 rings (SSSR count). The smallest absolute Gasteiger partial charge is 0.108 e. The van der Waals surface area contributed by atoms with Crippen molar-refractivity contribution < 1.29 is 0 Å². The average Bonchev–Trinajstić information content (AvgIpc) is 2.81. The fraction of sp³-hybridized carbons (Fsp3) is 0.429. The Kier molecular flexibility index (Phi) is 4.10. The second kappa shape index (κ2) is 5.78. The van der Waals surface area contributed by atoms with E-state index in [9.17, 15) is 0 Å². The number of hydrogen-bond acceptors (Lipinski definition) is 3. The molecule has 0 aliphatic carbocycles. The van der Waals surface area contributed by atoms with E-state index in [1.54, 1.807) is 0 Å². The van der Waals surface area contributed by atoms with Gasteiger partial charge >= 0.3 is 0 Å². The van der Waals surface area contributed by atoms with Crippen LogP contribution >= 0.6 is 0 Å². The first-order valence-corrected chi connectivity index (χ1v) is 6.38. The lowest BCUT2D eigenvalue weighted by molar-refractivity contribution is 0.601. The van der Waals surface area contributed by atoms with Crippen LogP contribution in [0.25, 0.3) is 0 Å². The molecule has 2 heterocycles. The molecule has 0 amide bonds. The van der Waals surface area contributed by atoms with Gasteiger partial charge in [-0.05, 0) is 24.5 Å². The molecule has 0 saturated carbocycles. The van der Waals surface area contributed by atoms with Gasteiger partial charge < -0.3 is 10.3 Å². The minimum atomic E-state index is -0.0159. The van der Waals surface area contributed by atoms with Gasteiger partial charge in [-0.3, -0.25) is 4.98 Å². The summed E-state index contributed by atoms with van der Waals surface area (Å²) < 4.78 is 2.03. The molecule has 96 valence electrons. The predicted molar refractivity (Wildman–Crippen MR) is 72.1 cm³/mol. The van der Waals surface area contributed by atoms with Crippen molar-refractivity contribution in [3.05, 3.63) is 47.8 Å². The summed E-state index contributed by atoms with van der Waals surface area (Å²) in [5.74, 6) is 1.07. The zero-order valence-corrected chi connectivity index (χ0v) is 11.0.